The number of hydrogen-bond acceptors (Lipinski definition) is 4. The Balaban J connectivity index is 1.72. The quantitative estimate of drug-likeness (QED) is 0.790. The molecule has 0 aliphatic heterocycles. The third-order valence-corrected chi connectivity index (χ3v) is 2.87. The molecule has 3 rings (SSSR count). The molecule has 0 bridgehead atoms. The van der Waals surface area contributed by atoms with Crippen LogP contribution in [0.1, 0.15) is 5.56 Å². The molecule has 1 heterocycles. The first kappa shape index (κ1) is 12.3. The Kier molecular flexibility index (Phi) is 3.36. The van der Waals surface area contributed by atoms with Gasteiger partial charge in [0.05, 0.1) is 5.69 Å². The van der Waals surface area contributed by atoms with Crippen LogP contribution in [0.3, 0.4) is 0 Å². The standard InChI is InChI=1S/C14H12FN5/c15-12-6-4-11(5-7-12)9-16-13-2-1-3-14(8-13)20-10-17-18-19-20/h1-8,10,16H,9H2. The molecular formula is C14H12FN5. The van der Waals surface area contributed by atoms with Crippen LogP contribution in [0.15, 0.2) is 54.9 Å². The fraction of sp³-hybridized carbons (Fsp3) is 0.0714. The number of aromatic nitrogens is 4. The van der Waals surface area contributed by atoms with Crippen LogP contribution in [0.25, 0.3) is 5.69 Å². The molecule has 20 heavy (non-hydrogen) atoms. The van der Waals surface area contributed by atoms with E-state index in [0.29, 0.717) is 6.54 Å². The van der Waals surface area contributed by atoms with E-state index in [4.69, 9.17) is 0 Å². The number of nitrogens with one attached hydrogen (secondary N) is 1. The highest BCUT2D eigenvalue weighted by Gasteiger charge is 2.00. The van der Waals surface area contributed by atoms with E-state index in [1.165, 1.54) is 12.1 Å². The minimum absolute atomic E-state index is 0.227. The highest BCUT2D eigenvalue weighted by molar-refractivity contribution is 5.50. The average molecular weight is 269 g/mol. The topological polar surface area (TPSA) is 55.6 Å². The first-order chi connectivity index (χ1) is 9.81. The first-order valence-electron chi connectivity index (χ1n) is 6.13. The van der Waals surface area contributed by atoms with Gasteiger partial charge in [-0.2, -0.15) is 0 Å². The van der Waals surface area contributed by atoms with Gasteiger partial charge in [0.15, 0.2) is 0 Å². The summed E-state index contributed by atoms with van der Waals surface area (Å²) in [6.07, 6.45) is 1.54. The molecule has 0 aliphatic carbocycles. The minimum atomic E-state index is -0.227. The average Bonchev–Trinajstić information content (AvgIpc) is 3.01. The van der Waals surface area contributed by atoms with Crippen molar-refractivity contribution in [2.45, 2.75) is 6.54 Å². The molecule has 0 aliphatic rings. The van der Waals surface area contributed by atoms with Crippen molar-refractivity contribution in [3.63, 3.8) is 0 Å². The lowest BCUT2D eigenvalue weighted by atomic mass is 10.2. The van der Waals surface area contributed by atoms with Crippen LogP contribution in [-0.2, 0) is 6.54 Å². The molecule has 5 nitrogen and oxygen atoms in total. The Hall–Kier alpha value is -2.76. The fourth-order valence-corrected chi connectivity index (χ4v) is 1.84. The van der Waals surface area contributed by atoms with Gasteiger partial charge in [-0.3, -0.25) is 0 Å². The molecule has 1 aromatic heterocycles. The van der Waals surface area contributed by atoms with Gasteiger partial charge < -0.3 is 5.32 Å². The molecular weight excluding hydrogens is 257 g/mol. The van der Waals surface area contributed by atoms with Gasteiger partial charge in [-0.15, -0.1) is 5.10 Å². The number of anilines is 1. The fourth-order valence-electron chi connectivity index (χ4n) is 1.84. The summed E-state index contributed by atoms with van der Waals surface area (Å²) in [4.78, 5) is 0. The lowest BCUT2D eigenvalue weighted by Crippen LogP contribution is -2.01. The summed E-state index contributed by atoms with van der Waals surface area (Å²) in [7, 11) is 0. The molecule has 0 unspecified atom stereocenters. The van der Waals surface area contributed by atoms with E-state index in [0.717, 1.165) is 16.9 Å². The molecule has 0 spiro atoms. The van der Waals surface area contributed by atoms with E-state index < -0.39 is 0 Å². The van der Waals surface area contributed by atoms with Gasteiger partial charge in [0.2, 0.25) is 0 Å². The van der Waals surface area contributed by atoms with Crippen LogP contribution < -0.4 is 5.32 Å². The van der Waals surface area contributed by atoms with Crippen molar-refractivity contribution >= 4 is 5.69 Å². The maximum atomic E-state index is 12.8. The lowest BCUT2D eigenvalue weighted by Gasteiger charge is -2.08. The molecule has 0 radical (unpaired) electrons. The molecule has 0 atom stereocenters. The van der Waals surface area contributed by atoms with E-state index in [1.807, 2.05) is 24.3 Å². The van der Waals surface area contributed by atoms with Crippen LogP contribution in [0.2, 0.25) is 0 Å². The van der Waals surface area contributed by atoms with Gasteiger partial charge in [0.25, 0.3) is 0 Å². The van der Waals surface area contributed by atoms with Crippen LogP contribution in [-0.4, -0.2) is 20.2 Å². The van der Waals surface area contributed by atoms with Crippen molar-refractivity contribution in [2.75, 3.05) is 5.32 Å². The second kappa shape index (κ2) is 5.48. The number of rotatable bonds is 4. The van der Waals surface area contributed by atoms with E-state index >= 15 is 0 Å². The normalized spacial score (nSPS) is 10.4. The maximum absolute atomic E-state index is 12.8. The summed E-state index contributed by atoms with van der Waals surface area (Å²) in [5.41, 5.74) is 2.83. The van der Waals surface area contributed by atoms with Crippen LogP contribution in [0.4, 0.5) is 10.1 Å². The van der Waals surface area contributed by atoms with E-state index in [9.17, 15) is 4.39 Å². The predicted octanol–water partition coefficient (Wildman–Crippen LogP) is 2.41. The second-order valence-electron chi connectivity index (χ2n) is 4.28. The summed E-state index contributed by atoms with van der Waals surface area (Å²) in [5, 5.41) is 14.3. The van der Waals surface area contributed by atoms with Crippen LogP contribution in [0.5, 0.6) is 0 Å². The molecule has 100 valence electrons. The zero-order chi connectivity index (χ0) is 13.8. The number of tetrazole rings is 1. The van der Waals surface area contributed by atoms with Crippen molar-refractivity contribution in [2.24, 2.45) is 0 Å². The molecule has 1 N–H and O–H groups in total. The van der Waals surface area contributed by atoms with E-state index in [1.54, 1.807) is 23.1 Å². The lowest BCUT2D eigenvalue weighted by molar-refractivity contribution is 0.627. The summed E-state index contributed by atoms with van der Waals surface area (Å²) in [5.74, 6) is -0.227. The third-order valence-electron chi connectivity index (χ3n) is 2.87. The summed E-state index contributed by atoms with van der Waals surface area (Å²) < 4.78 is 14.4. The predicted molar refractivity (Wildman–Crippen MR) is 72.9 cm³/mol. The Morgan fingerprint density at radius 3 is 2.70 bits per heavy atom. The second-order valence-corrected chi connectivity index (χ2v) is 4.28. The summed E-state index contributed by atoms with van der Waals surface area (Å²) in [6.45, 7) is 0.624. The highest BCUT2D eigenvalue weighted by atomic mass is 19.1. The smallest absolute Gasteiger partial charge is 0.143 e. The van der Waals surface area contributed by atoms with Gasteiger partial charge in [0.1, 0.15) is 12.1 Å². The largest absolute Gasteiger partial charge is 0.381 e. The van der Waals surface area contributed by atoms with Gasteiger partial charge in [0, 0.05) is 12.2 Å². The maximum Gasteiger partial charge on any atom is 0.143 e. The molecule has 2 aromatic carbocycles. The van der Waals surface area contributed by atoms with Crippen molar-refractivity contribution in [3.05, 3.63) is 66.2 Å². The van der Waals surface area contributed by atoms with Gasteiger partial charge in [-0.25, -0.2) is 9.07 Å². The van der Waals surface area contributed by atoms with Crippen molar-refractivity contribution < 1.29 is 4.39 Å². The van der Waals surface area contributed by atoms with Crippen molar-refractivity contribution in [1.29, 1.82) is 0 Å². The summed E-state index contributed by atoms with van der Waals surface area (Å²) in [6, 6.07) is 14.2. The molecule has 3 aromatic rings. The SMILES string of the molecule is Fc1ccc(CNc2cccc(-n3cnnn3)c2)cc1. The molecule has 0 saturated carbocycles. The highest BCUT2D eigenvalue weighted by Crippen LogP contribution is 2.14. The summed E-state index contributed by atoms with van der Waals surface area (Å²) >= 11 is 0. The van der Waals surface area contributed by atoms with E-state index in [-0.39, 0.29) is 5.82 Å². The van der Waals surface area contributed by atoms with Crippen LogP contribution >= 0.6 is 0 Å². The van der Waals surface area contributed by atoms with Crippen molar-refractivity contribution in [3.8, 4) is 5.69 Å². The zero-order valence-corrected chi connectivity index (χ0v) is 10.6. The van der Waals surface area contributed by atoms with Gasteiger partial charge in [-0.1, -0.05) is 18.2 Å². The Bertz CT molecular complexity index is 679. The zero-order valence-electron chi connectivity index (χ0n) is 10.6. The Morgan fingerprint density at radius 2 is 1.95 bits per heavy atom. The van der Waals surface area contributed by atoms with Gasteiger partial charge >= 0.3 is 0 Å². The molecule has 6 heteroatoms. The van der Waals surface area contributed by atoms with Gasteiger partial charge in [-0.05, 0) is 46.3 Å². The molecule has 0 saturated heterocycles. The monoisotopic (exact) mass is 269 g/mol. The molecule has 0 fully saturated rings. The van der Waals surface area contributed by atoms with Crippen LogP contribution in [0, 0.1) is 5.82 Å². The minimum Gasteiger partial charge on any atom is -0.381 e. The Labute approximate surface area is 115 Å². The molecule has 0 amide bonds. The number of hydrogen-bond donors (Lipinski definition) is 1. The number of benzene rings is 2. The Morgan fingerprint density at radius 1 is 1.10 bits per heavy atom. The number of nitrogens with zero attached hydrogens (tertiary/aromatic N) is 4. The first-order valence-corrected chi connectivity index (χ1v) is 6.13. The third kappa shape index (κ3) is 2.80. The van der Waals surface area contributed by atoms with E-state index in [2.05, 4.69) is 20.8 Å². The van der Waals surface area contributed by atoms with Crippen molar-refractivity contribution in [1.82, 2.24) is 20.2 Å². The number of halogens is 1.